The van der Waals surface area contributed by atoms with Crippen LogP contribution >= 0.6 is 0 Å². The Kier molecular flexibility index (Phi) is 5.86. The standard InChI is InChI=1S/C21H28N4O/c1-4-18-7-5-6-12-25(18)21(26)19-13-23-20(14-22-19)24-17-10-8-16(9-11-17)15(2)3/h8-11,13-15,18H,4-7,12H2,1-3H3,(H,23,24). The number of likely N-dealkylation sites (tertiary alicyclic amines) is 1. The minimum absolute atomic E-state index is 0.00288. The first-order chi connectivity index (χ1) is 12.6. The zero-order valence-electron chi connectivity index (χ0n) is 15.9. The molecular weight excluding hydrogens is 324 g/mol. The SMILES string of the molecule is CCC1CCCCN1C(=O)c1cnc(Nc2ccc(C(C)C)cc2)cn1. The van der Waals surface area contributed by atoms with E-state index in [-0.39, 0.29) is 5.91 Å². The molecular formula is C21H28N4O. The number of piperidine rings is 1. The fraction of sp³-hybridized carbons (Fsp3) is 0.476. The Balaban J connectivity index is 1.67. The molecule has 1 aromatic heterocycles. The van der Waals surface area contributed by atoms with Crippen molar-refractivity contribution in [3.63, 3.8) is 0 Å². The van der Waals surface area contributed by atoms with E-state index in [1.807, 2.05) is 17.0 Å². The maximum atomic E-state index is 12.7. The van der Waals surface area contributed by atoms with Crippen LogP contribution in [0.1, 0.15) is 68.4 Å². The normalized spacial score (nSPS) is 17.4. The molecule has 1 aliphatic rings. The third kappa shape index (κ3) is 4.21. The van der Waals surface area contributed by atoms with Crippen LogP contribution in [0.15, 0.2) is 36.7 Å². The Morgan fingerprint density at radius 3 is 2.58 bits per heavy atom. The number of amides is 1. The van der Waals surface area contributed by atoms with Gasteiger partial charge in [-0.05, 0) is 49.3 Å². The van der Waals surface area contributed by atoms with Gasteiger partial charge in [-0.3, -0.25) is 4.79 Å². The second-order valence-electron chi connectivity index (χ2n) is 7.24. The maximum absolute atomic E-state index is 12.7. The third-order valence-electron chi connectivity index (χ3n) is 5.08. The van der Waals surface area contributed by atoms with E-state index in [0.717, 1.165) is 31.5 Å². The molecule has 3 rings (SSSR count). The van der Waals surface area contributed by atoms with Gasteiger partial charge in [0, 0.05) is 18.3 Å². The van der Waals surface area contributed by atoms with Crippen LogP contribution in [-0.2, 0) is 0 Å². The van der Waals surface area contributed by atoms with Crippen LogP contribution in [0, 0.1) is 0 Å². The van der Waals surface area contributed by atoms with Crippen molar-refractivity contribution in [1.82, 2.24) is 14.9 Å². The van der Waals surface area contributed by atoms with Crippen LogP contribution in [0.5, 0.6) is 0 Å². The van der Waals surface area contributed by atoms with Crippen molar-refractivity contribution in [2.24, 2.45) is 0 Å². The number of nitrogens with zero attached hydrogens (tertiary/aromatic N) is 3. The molecule has 0 aliphatic carbocycles. The number of benzene rings is 1. The third-order valence-corrected chi connectivity index (χ3v) is 5.08. The van der Waals surface area contributed by atoms with Crippen LogP contribution in [0.25, 0.3) is 0 Å². The lowest BCUT2D eigenvalue weighted by molar-refractivity contribution is 0.0601. The number of aromatic nitrogens is 2. The molecule has 1 fully saturated rings. The van der Waals surface area contributed by atoms with Crippen molar-refractivity contribution >= 4 is 17.4 Å². The molecule has 1 aliphatic heterocycles. The van der Waals surface area contributed by atoms with Gasteiger partial charge in [-0.2, -0.15) is 0 Å². The topological polar surface area (TPSA) is 58.1 Å². The molecule has 2 heterocycles. The summed E-state index contributed by atoms with van der Waals surface area (Å²) < 4.78 is 0. The molecule has 1 aromatic carbocycles. The molecule has 5 heteroatoms. The summed E-state index contributed by atoms with van der Waals surface area (Å²) >= 11 is 0. The summed E-state index contributed by atoms with van der Waals surface area (Å²) in [5, 5.41) is 3.24. The van der Waals surface area contributed by atoms with Crippen LogP contribution in [-0.4, -0.2) is 33.4 Å². The highest BCUT2D eigenvalue weighted by atomic mass is 16.2. The van der Waals surface area contributed by atoms with Gasteiger partial charge in [0.15, 0.2) is 0 Å². The van der Waals surface area contributed by atoms with E-state index in [1.54, 1.807) is 12.4 Å². The monoisotopic (exact) mass is 352 g/mol. The summed E-state index contributed by atoms with van der Waals surface area (Å²) in [6.45, 7) is 7.31. The summed E-state index contributed by atoms with van der Waals surface area (Å²) in [6, 6.07) is 8.63. The van der Waals surface area contributed by atoms with Gasteiger partial charge >= 0.3 is 0 Å². The lowest BCUT2D eigenvalue weighted by Gasteiger charge is -2.34. The second kappa shape index (κ2) is 8.30. The van der Waals surface area contributed by atoms with Crippen LogP contribution in [0.2, 0.25) is 0 Å². The van der Waals surface area contributed by atoms with E-state index < -0.39 is 0 Å². The number of anilines is 2. The Labute approximate surface area is 155 Å². The van der Waals surface area contributed by atoms with Gasteiger partial charge in [-0.15, -0.1) is 0 Å². The first kappa shape index (κ1) is 18.4. The molecule has 0 spiro atoms. The number of carbonyl (C=O) groups excluding carboxylic acids is 1. The molecule has 1 amide bonds. The molecule has 0 bridgehead atoms. The lowest BCUT2D eigenvalue weighted by atomic mass is 10.00. The Hall–Kier alpha value is -2.43. The molecule has 1 saturated heterocycles. The fourth-order valence-corrected chi connectivity index (χ4v) is 3.44. The minimum Gasteiger partial charge on any atom is -0.339 e. The summed E-state index contributed by atoms with van der Waals surface area (Å²) in [7, 11) is 0. The van der Waals surface area contributed by atoms with Gasteiger partial charge in [0.1, 0.15) is 11.5 Å². The van der Waals surface area contributed by atoms with E-state index in [2.05, 4.69) is 48.2 Å². The number of carbonyl (C=O) groups is 1. The highest BCUT2D eigenvalue weighted by Gasteiger charge is 2.27. The summed E-state index contributed by atoms with van der Waals surface area (Å²) in [6.07, 6.45) is 7.56. The smallest absolute Gasteiger partial charge is 0.274 e. The van der Waals surface area contributed by atoms with Crippen molar-refractivity contribution in [2.75, 3.05) is 11.9 Å². The van der Waals surface area contributed by atoms with E-state index >= 15 is 0 Å². The van der Waals surface area contributed by atoms with Crippen LogP contribution in [0.3, 0.4) is 0 Å². The second-order valence-corrected chi connectivity index (χ2v) is 7.24. The van der Waals surface area contributed by atoms with Gasteiger partial charge < -0.3 is 10.2 Å². The van der Waals surface area contributed by atoms with Gasteiger partial charge in [-0.1, -0.05) is 32.9 Å². The van der Waals surface area contributed by atoms with E-state index in [9.17, 15) is 4.79 Å². The van der Waals surface area contributed by atoms with Crippen LogP contribution in [0.4, 0.5) is 11.5 Å². The highest BCUT2D eigenvalue weighted by molar-refractivity contribution is 5.92. The first-order valence-corrected chi connectivity index (χ1v) is 9.58. The largest absolute Gasteiger partial charge is 0.339 e. The lowest BCUT2D eigenvalue weighted by Crippen LogP contribution is -2.43. The maximum Gasteiger partial charge on any atom is 0.274 e. The zero-order valence-corrected chi connectivity index (χ0v) is 15.9. The summed E-state index contributed by atoms with van der Waals surface area (Å²) in [5.41, 5.74) is 2.69. The van der Waals surface area contributed by atoms with Crippen molar-refractivity contribution in [1.29, 1.82) is 0 Å². The average molecular weight is 352 g/mol. The van der Waals surface area contributed by atoms with E-state index in [0.29, 0.717) is 23.5 Å². The van der Waals surface area contributed by atoms with Crippen molar-refractivity contribution in [3.8, 4) is 0 Å². The fourth-order valence-electron chi connectivity index (χ4n) is 3.44. The molecule has 1 unspecified atom stereocenters. The molecule has 2 aromatic rings. The Morgan fingerprint density at radius 2 is 1.96 bits per heavy atom. The van der Waals surface area contributed by atoms with Gasteiger partial charge in [0.05, 0.1) is 12.4 Å². The van der Waals surface area contributed by atoms with Gasteiger partial charge in [0.2, 0.25) is 0 Å². The number of rotatable bonds is 5. The number of hydrogen-bond acceptors (Lipinski definition) is 4. The zero-order chi connectivity index (χ0) is 18.5. The molecule has 0 radical (unpaired) electrons. The predicted molar refractivity (Wildman–Crippen MR) is 105 cm³/mol. The number of hydrogen-bond donors (Lipinski definition) is 1. The van der Waals surface area contributed by atoms with E-state index in [4.69, 9.17) is 0 Å². The number of nitrogens with one attached hydrogen (secondary N) is 1. The molecule has 138 valence electrons. The summed E-state index contributed by atoms with van der Waals surface area (Å²) in [4.78, 5) is 23.4. The van der Waals surface area contributed by atoms with Crippen LogP contribution < -0.4 is 5.32 Å². The minimum atomic E-state index is -0.00288. The Bertz CT molecular complexity index is 725. The van der Waals surface area contributed by atoms with E-state index in [1.165, 1.54) is 12.0 Å². The van der Waals surface area contributed by atoms with Gasteiger partial charge in [0.25, 0.3) is 5.91 Å². The van der Waals surface area contributed by atoms with Crippen molar-refractivity contribution in [2.45, 2.75) is 58.4 Å². The quantitative estimate of drug-likeness (QED) is 0.844. The molecule has 5 nitrogen and oxygen atoms in total. The first-order valence-electron chi connectivity index (χ1n) is 9.58. The van der Waals surface area contributed by atoms with Crippen molar-refractivity contribution < 1.29 is 4.79 Å². The molecule has 26 heavy (non-hydrogen) atoms. The molecule has 1 atom stereocenters. The molecule has 1 N–H and O–H groups in total. The highest BCUT2D eigenvalue weighted by Crippen LogP contribution is 2.22. The average Bonchev–Trinajstić information content (AvgIpc) is 2.68. The Morgan fingerprint density at radius 1 is 1.19 bits per heavy atom. The predicted octanol–water partition coefficient (Wildman–Crippen LogP) is 4.75. The summed E-state index contributed by atoms with van der Waals surface area (Å²) in [5.74, 6) is 1.15. The van der Waals surface area contributed by atoms with Crippen molar-refractivity contribution in [3.05, 3.63) is 47.9 Å². The molecule has 0 saturated carbocycles. The van der Waals surface area contributed by atoms with Gasteiger partial charge in [-0.25, -0.2) is 9.97 Å².